The Morgan fingerprint density at radius 3 is 2.10 bits per heavy atom. The first kappa shape index (κ1) is 51.9. The molecule has 2 aliphatic rings. The molecule has 0 aromatic heterocycles. The van der Waals surface area contributed by atoms with Gasteiger partial charge in [0.15, 0.2) is 5.78 Å². The van der Waals surface area contributed by atoms with Crippen LogP contribution < -0.4 is 10.6 Å². The van der Waals surface area contributed by atoms with E-state index in [9.17, 15) is 24.0 Å². The highest BCUT2D eigenvalue weighted by atomic mass is 16.5. The smallest absolute Gasteiger partial charge is 0.328 e. The number of rotatable bonds is 25. The molecule has 14 heteroatoms. The van der Waals surface area contributed by atoms with Crippen LogP contribution in [0.25, 0.3) is 0 Å². The Labute approximate surface area is 367 Å². The summed E-state index contributed by atoms with van der Waals surface area (Å²) in [5.41, 5.74) is 0.880. The van der Waals surface area contributed by atoms with Crippen LogP contribution in [-0.2, 0) is 44.6 Å². The number of benzene rings is 1. The summed E-state index contributed by atoms with van der Waals surface area (Å²) in [6.07, 6.45) is 1.29. The van der Waals surface area contributed by atoms with Gasteiger partial charge >= 0.3 is 5.97 Å². The van der Waals surface area contributed by atoms with Gasteiger partial charge in [-0.1, -0.05) is 85.2 Å². The van der Waals surface area contributed by atoms with E-state index in [0.717, 1.165) is 57.7 Å². The lowest BCUT2D eigenvalue weighted by Gasteiger charge is -2.41. The molecule has 2 fully saturated rings. The van der Waals surface area contributed by atoms with E-state index < -0.39 is 42.1 Å². The number of methoxy groups -OCH3 is 3. The van der Waals surface area contributed by atoms with Gasteiger partial charge in [0, 0.05) is 85.8 Å². The topological polar surface area (TPSA) is 150 Å². The molecule has 0 spiro atoms. The Morgan fingerprint density at radius 2 is 1.54 bits per heavy atom. The minimum Gasteiger partial charge on any atom is -0.467 e. The van der Waals surface area contributed by atoms with Gasteiger partial charge in [0.25, 0.3) is 0 Å². The monoisotopic (exact) mass is 857 g/mol. The van der Waals surface area contributed by atoms with Crippen molar-refractivity contribution in [2.45, 2.75) is 123 Å². The van der Waals surface area contributed by atoms with Crippen LogP contribution in [0.1, 0.15) is 86.1 Å². The number of likely N-dealkylation sites (N-methyl/N-ethyl adjacent to an activating group) is 2. The van der Waals surface area contributed by atoms with Gasteiger partial charge in [0.05, 0.1) is 49.8 Å². The molecule has 14 nitrogen and oxygen atoms in total. The number of ether oxygens (including phenoxy) is 3. The third-order valence-corrected chi connectivity index (χ3v) is 13.3. The second-order valence-electron chi connectivity index (χ2n) is 18.1. The molecular formula is C47H80N6O8. The summed E-state index contributed by atoms with van der Waals surface area (Å²) in [6.45, 7) is 20.1. The van der Waals surface area contributed by atoms with Crippen molar-refractivity contribution in [3.63, 3.8) is 0 Å². The molecule has 2 heterocycles. The van der Waals surface area contributed by atoms with Crippen molar-refractivity contribution in [2.75, 3.05) is 81.2 Å². The number of carbonyl (C=O) groups excluding carboxylic acids is 5. The van der Waals surface area contributed by atoms with E-state index >= 15 is 0 Å². The van der Waals surface area contributed by atoms with Crippen LogP contribution >= 0.6 is 0 Å². The molecule has 0 radical (unpaired) electrons. The van der Waals surface area contributed by atoms with E-state index in [0.29, 0.717) is 13.0 Å². The standard InChI is InChI=1S/C47H80N6O8/c1-13-33(6)43(51(9)46(57)36(31(2)3)29-39(54)42(32(4)5)50(8)26-27-52-24-21-48-22-25-52)40(59-10)30-41(55)53-23-17-20-38(53)44(60-11)34(7)45(56)49-37(47(58)61-12)28-35-18-15-14-16-19-35/h14-16,18-19,31-34,36-38,40,42-44,48H,13,17,20-30H2,1-12H3,(H,49,56)/t33-,34+,36-,37-,38-,40+,42-,43-,44+/m0/s1. The lowest BCUT2D eigenvalue weighted by Crippen LogP contribution is -2.55. The fourth-order valence-electron chi connectivity index (χ4n) is 9.50. The van der Waals surface area contributed by atoms with Crippen molar-refractivity contribution in [1.82, 2.24) is 30.2 Å². The zero-order valence-electron chi connectivity index (χ0n) is 39.5. The highest BCUT2D eigenvalue weighted by Gasteiger charge is 2.43. The molecule has 1 aromatic rings. The first-order valence-electron chi connectivity index (χ1n) is 22.7. The number of esters is 1. The number of piperazine rings is 1. The van der Waals surface area contributed by atoms with Crippen molar-refractivity contribution in [3.05, 3.63) is 35.9 Å². The lowest BCUT2D eigenvalue weighted by molar-refractivity contribution is -0.150. The lowest BCUT2D eigenvalue weighted by atomic mass is 9.83. The van der Waals surface area contributed by atoms with Crippen molar-refractivity contribution in [1.29, 1.82) is 0 Å². The van der Waals surface area contributed by atoms with Gasteiger partial charge in [-0.15, -0.1) is 0 Å². The Kier molecular flexibility index (Phi) is 21.8. The predicted octanol–water partition coefficient (Wildman–Crippen LogP) is 3.90. The zero-order valence-corrected chi connectivity index (χ0v) is 39.5. The van der Waals surface area contributed by atoms with Crippen molar-refractivity contribution < 1.29 is 38.2 Å². The SMILES string of the molecule is CC[C@H](C)[C@@H]([C@@H](CC(=O)N1CCC[C@H]1[C@H](OC)[C@@H](C)C(=O)N[C@@H](Cc1ccccc1)C(=O)OC)OC)N(C)C(=O)[C@@H](CC(=O)[C@H](C(C)C)N(C)CCN1CCNCC1)C(C)C. The third kappa shape index (κ3) is 14.6. The first-order valence-corrected chi connectivity index (χ1v) is 22.7. The van der Waals surface area contributed by atoms with Crippen LogP contribution in [-0.4, -0.2) is 167 Å². The average Bonchev–Trinajstić information content (AvgIpc) is 3.74. The van der Waals surface area contributed by atoms with Gasteiger partial charge in [-0.2, -0.15) is 0 Å². The molecule has 1 aromatic carbocycles. The Hall–Kier alpha value is -3.43. The molecule has 9 atom stereocenters. The van der Waals surface area contributed by atoms with Gasteiger partial charge in [0.2, 0.25) is 17.7 Å². The molecular weight excluding hydrogens is 777 g/mol. The maximum atomic E-state index is 14.6. The minimum atomic E-state index is -0.889. The minimum absolute atomic E-state index is 0.0155. The predicted molar refractivity (Wildman–Crippen MR) is 239 cm³/mol. The molecule has 0 bridgehead atoms. The van der Waals surface area contributed by atoms with E-state index in [1.807, 2.05) is 51.2 Å². The summed E-state index contributed by atoms with van der Waals surface area (Å²) in [4.78, 5) is 77.7. The number of carbonyl (C=O) groups is 5. The molecule has 0 aliphatic carbocycles. The van der Waals surface area contributed by atoms with Gasteiger partial charge in [0.1, 0.15) is 6.04 Å². The van der Waals surface area contributed by atoms with Gasteiger partial charge in [-0.3, -0.25) is 29.0 Å². The number of hydrogen-bond donors (Lipinski definition) is 2. The Morgan fingerprint density at radius 1 is 0.885 bits per heavy atom. The zero-order chi connectivity index (χ0) is 45.4. The average molecular weight is 857 g/mol. The number of ketones is 1. The number of amides is 3. The van der Waals surface area contributed by atoms with Crippen molar-refractivity contribution in [2.24, 2.45) is 29.6 Å². The number of Topliss-reactive ketones (excluding diaryl/α,β-unsaturated/α-hetero) is 1. The van der Waals surface area contributed by atoms with Crippen molar-refractivity contribution in [3.8, 4) is 0 Å². The summed E-state index contributed by atoms with van der Waals surface area (Å²) >= 11 is 0. The highest BCUT2D eigenvalue weighted by molar-refractivity contribution is 5.90. The number of hydrogen-bond acceptors (Lipinski definition) is 11. The largest absolute Gasteiger partial charge is 0.467 e. The fraction of sp³-hybridized carbons (Fsp3) is 0.766. The molecule has 3 rings (SSSR count). The van der Waals surface area contributed by atoms with E-state index in [2.05, 4.69) is 48.1 Å². The summed E-state index contributed by atoms with van der Waals surface area (Å²) < 4.78 is 17.1. The normalized spacial score (nSPS) is 20.1. The highest BCUT2D eigenvalue weighted by Crippen LogP contribution is 2.31. The van der Waals surface area contributed by atoms with Crippen molar-refractivity contribution >= 4 is 29.5 Å². The van der Waals surface area contributed by atoms with Crippen LogP contribution in [0, 0.1) is 29.6 Å². The summed E-state index contributed by atoms with van der Waals surface area (Å²) in [6, 6.07) is 7.40. The van der Waals surface area contributed by atoms with Crippen LogP contribution in [0.3, 0.4) is 0 Å². The fourth-order valence-corrected chi connectivity index (χ4v) is 9.50. The Bertz CT molecular complexity index is 1520. The first-order chi connectivity index (χ1) is 29.0. The molecule has 346 valence electrons. The Balaban J connectivity index is 1.76. The summed E-state index contributed by atoms with van der Waals surface area (Å²) in [5, 5.41) is 6.27. The molecule has 0 saturated carbocycles. The molecule has 2 aliphatic heterocycles. The van der Waals surface area contributed by atoms with Crippen LogP contribution in [0.15, 0.2) is 30.3 Å². The van der Waals surface area contributed by atoms with Gasteiger partial charge in [-0.05, 0) is 43.2 Å². The van der Waals surface area contributed by atoms with Crippen LogP contribution in [0.2, 0.25) is 0 Å². The molecule has 3 amide bonds. The molecule has 2 N–H and O–H groups in total. The second kappa shape index (κ2) is 25.6. The van der Waals surface area contributed by atoms with E-state index in [1.165, 1.54) is 7.11 Å². The quantitative estimate of drug-likeness (QED) is 0.138. The number of nitrogens with zero attached hydrogens (tertiary/aromatic N) is 4. The maximum Gasteiger partial charge on any atom is 0.328 e. The summed E-state index contributed by atoms with van der Waals surface area (Å²) in [7, 11) is 8.22. The number of likely N-dealkylation sites (tertiary alicyclic amines) is 1. The number of nitrogens with one attached hydrogen (secondary N) is 2. The van der Waals surface area contributed by atoms with Gasteiger partial charge < -0.3 is 34.6 Å². The van der Waals surface area contributed by atoms with E-state index in [4.69, 9.17) is 14.2 Å². The molecule has 61 heavy (non-hydrogen) atoms. The van der Waals surface area contributed by atoms with E-state index in [1.54, 1.807) is 38.0 Å². The maximum absolute atomic E-state index is 14.6. The van der Waals surface area contributed by atoms with Crippen LogP contribution in [0.4, 0.5) is 0 Å². The van der Waals surface area contributed by atoms with Crippen LogP contribution in [0.5, 0.6) is 0 Å². The summed E-state index contributed by atoms with van der Waals surface area (Å²) in [5.74, 6) is -2.36. The third-order valence-electron chi connectivity index (χ3n) is 13.3. The van der Waals surface area contributed by atoms with E-state index in [-0.39, 0.29) is 72.6 Å². The second-order valence-corrected chi connectivity index (χ2v) is 18.1. The van der Waals surface area contributed by atoms with Gasteiger partial charge in [-0.25, -0.2) is 4.79 Å². The molecule has 0 unspecified atom stereocenters. The molecule has 2 saturated heterocycles.